The molecule has 2 saturated carbocycles. The number of carbonyl (C=O) groups is 1. The Bertz CT molecular complexity index is 1450. The van der Waals surface area contributed by atoms with Crippen molar-refractivity contribution in [1.29, 1.82) is 5.26 Å². The molecule has 1 saturated heterocycles. The summed E-state index contributed by atoms with van der Waals surface area (Å²) < 4.78 is 42.0. The Labute approximate surface area is 240 Å². The molecule has 3 aromatic rings. The second-order valence-corrected chi connectivity index (χ2v) is 12.5. The zero-order valence-corrected chi connectivity index (χ0v) is 23.6. The molecular weight excluding hydrogens is 549 g/mol. The van der Waals surface area contributed by atoms with Crippen molar-refractivity contribution in [3.63, 3.8) is 0 Å². The normalized spacial score (nSPS) is 24.9. The van der Waals surface area contributed by atoms with Gasteiger partial charge < -0.3 is 10.2 Å². The fourth-order valence-electron chi connectivity index (χ4n) is 5.78. The predicted octanol–water partition coefficient (Wildman–Crippen LogP) is 6.21. The number of amides is 1. The molecule has 2 aromatic heterocycles. The zero-order valence-electron chi connectivity index (χ0n) is 22.7. The standard InChI is InChI=1S/C30H31F3N6OS/c1-18-2-9-24(38-37-18)28-35-25(22-8-5-20(31)16-23(22)27(40)36-29(17-34)10-11-29)26(41-28)19-3-6-21(7-4-19)39-14-12-30(32,33)13-15-39/h2-4,6-7,9,20,22-23H,5,8,10-16H2,1H3,(H,36,40). The van der Waals surface area contributed by atoms with Crippen molar-refractivity contribution < 1.29 is 18.0 Å². The lowest BCUT2D eigenvalue weighted by molar-refractivity contribution is -0.128. The molecule has 2 aliphatic carbocycles. The number of hydrogen-bond donors (Lipinski definition) is 1. The molecule has 1 N–H and O–H groups in total. The Kier molecular flexibility index (Phi) is 7.22. The first kappa shape index (κ1) is 27.6. The Morgan fingerprint density at radius 1 is 1.07 bits per heavy atom. The maximum absolute atomic E-state index is 14.7. The van der Waals surface area contributed by atoms with Gasteiger partial charge >= 0.3 is 0 Å². The monoisotopic (exact) mass is 580 g/mol. The predicted molar refractivity (Wildman–Crippen MR) is 150 cm³/mol. The van der Waals surface area contributed by atoms with E-state index in [4.69, 9.17) is 4.98 Å². The number of thiazole rings is 1. The summed E-state index contributed by atoms with van der Waals surface area (Å²) in [5.41, 5.74) is 3.02. The number of benzene rings is 1. The smallest absolute Gasteiger partial charge is 0.251 e. The summed E-state index contributed by atoms with van der Waals surface area (Å²) in [5.74, 6) is -3.91. The number of hydrogen-bond acceptors (Lipinski definition) is 7. The van der Waals surface area contributed by atoms with Crippen molar-refractivity contribution in [2.75, 3.05) is 18.0 Å². The van der Waals surface area contributed by atoms with Crippen molar-refractivity contribution in [3.05, 3.63) is 47.8 Å². The summed E-state index contributed by atoms with van der Waals surface area (Å²) in [7, 11) is 0. The van der Waals surface area contributed by atoms with Crippen molar-refractivity contribution in [1.82, 2.24) is 20.5 Å². The van der Waals surface area contributed by atoms with E-state index in [0.717, 1.165) is 21.8 Å². The highest BCUT2D eigenvalue weighted by molar-refractivity contribution is 7.18. The Hall–Kier alpha value is -3.52. The molecule has 3 fully saturated rings. The summed E-state index contributed by atoms with van der Waals surface area (Å²) >= 11 is 1.45. The molecule has 1 aromatic carbocycles. The SMILES string of the molecule is Cc1ccc(-c2nc(C3CCC(F)CC3C(=O)NC3(C#N)CC3)c(-c3ccc(N4CCC(F)(F)CC4)cc3)s2)nn1. The van der Waals surface area contributed by atoms with Gasteiger partial charge in [0.15, 0.2) is 0 Å². The summed E-state index contributed by atoms with van der Waals surface area (Å²) in [6.45, 7) is 2.44. The van der Waals surface area contributed by atoms with Crippen LogP contribution in [0.4, 0.5) is 18.9 Å². The largest absolute Gasteiger partial charge is 0.371 e. The van der Waals surface area contributed by atoms with Crippen LogP contribution in [-0.2, 0) is 4.79 Å². The number of carbonyl (C=O) groups excluding carboxylic acids is 1. The molecule has 6 rings (SSSR count). The number of piperidine rings is 1. The molecule has 0 spiro atoms. The van der Waals surface area contributed by atoms with E-state index in [1.807, 2.05) is 48.2 Å². The van der Waals surface area contributed by atoms with E-state index >= 15 is 0 Å². The topological polar surface area (TPSA) is 94.8 Å². The quantitative estimate of drug-likeness (QED) is 0.373. The minimum atomic E-state index is -2.61. The van der Waals surface area contributed by atoms with Crippen LogP contribution in [0.2, 0.25) is 0 Å². The van der Waals surface area contributed by atoms with E-state index in [2.05, 4.69) is 21.6 Å². The number of nitrogens with zero attached hydrogens (tertiary/aromatic N) is 5. The van der Waals surface area contributed by atoms with Crippen molar-refractivity contribution in [3.8, 4) is 27.2 Å². The highest BCUT2D eigenvalue weighted by Gasteiger charge is 2.48. The van der Waals surface area contributed by atoms with Crippen molar-refractivity contribution >= 4 is 22.9 Å². The molecule has 41 heavy (non-hydrogen) atoms. The molecule has 1 aliphatic heterocycles. The third-order valence-electron chi connectivity index (χ3n) is 8.46. The summed E-state index contributed by atoms with van der Waals surface area (Å²) in [4.78, 5) is 21.2. The van der Waals surface area contributed by atoms with Gasteiger partial charge in [-0.15, -0.1) is 16.4 Å². The third-order valence-corrected chi connectivity index (χ3v) is 9.60. The van der Waals surface area contributed by atoms with Gasteiger partial charge in [-0.3, -0.25) is 4.79 Å². The number of nitrogens with one attached hydrogen (secondary N) is 1. The number of anilines is 1. The van der Waals surface area contributed by atoms with E-state index in [0.29, 0.717) is 55.2 Å². The molecular formula is C30H31F3N6OS. The van der Waals surface area contributed by atoms with Crippen LogP contribution < -0.4 is 10.2 Å². The number of alkyl halides is 3. The number of halogens is 3. The van der Waals surface area contributed by atoms with Gasteiger partial charge in [0, 0.05) is 43.5 Å². The summed E-state index contributed by atoms with van der Waals surface area (Å²) in [6, 6.07) is 13.7. The van der Waals surface area contributed by atoms with Crippen LogP contribution in [0.15, 0.2) is 36.4 Å². The van der Waals surface area contributed by atoms with Gasteiger partial charge in [-0.05, 0) is 68.9 Å². The summed E-state index contributed by atoms with van der Waals surface area (Å²) in [6.07, 6.45) is 0.634. The van der Waals surface area contributed by atoms with E-state index < -0.39 is 23.6 Å². The Morgan fingerprint density at radius 3 is 2.44 bits per heavy atom. The highest BCUT2D eigenvalue weighted by Crippen LogP contribution is 2.47. The van der Waals surface area contributed by atoms with Crippen LogP contribution in [0.3, 0.4) is 0 Å². The number of aryl methyl sites for hydroxylation is 1. The molecule has 3 heterocycles. The second kappa shape index (κ2) is 10.7. The molecule has 0 radical (unpaired) electrons. The molecule has 7 nitrogen and oxygen atoms in total. The van der Waals surface area contributed by atoms with Crippen LogP contribution in [0.1, 0.15) is 62.3 Å². The fraction of sp³-hybridized carbons (Fsp3) is 0.500. The van der Waals surface area contributed by atoms with Crippen LogP contribution in [0.5, 0.6) is 0 Å². The molecule has 3 aliphatic rings. The first-order valence-electron chi connectivity index (χ1n) is 14.1. The van der Waals surface area contributed by atoms with Gasteiger partial charge in [0.25, 0.3) is 5.92 Å². The lowest BCUT2D eigenvalue weighted by Gasteiger charge is -2.33. The summed E-state index contributed by atoms with van der Waals surface area (Å²) in [5, 5.41) is 21.6. The number of aromatic nitrogens is 3. The molecule has 1 amide bonds. The van der Waals surface area contributed by atoms with E-state index in [1.54, 1.807) is 0 Å². The van der Waals surface area contributed by atoms with E-state index in [9.17, 15) is 23.2 Å². The molecule has 0 bridgehead atoms. The van der Waals surface area contributed by atoms with Gasteiger partial charge in [0.1, 0.15) is 22.4 Å². The second-order valence-electron chi connectivity index (χ2n) is 11.5. The van der Waals surface area contributed by atoms with Crippen molar-refractivity contribution in [2.24, 2.45) is 5.92 Å². The van der Waals surface area contributed by atoms with Crippen LogP contribution in [0, 0.1) is 24.2 Å². The highest BCUT2D eigenvalue weighted by atomic mass is 32.1. The minimum absolute atomic E-state index is 0.0766. The lowest BCUT2D eigenvalue weighted by atomic mass is 9.75. The average Bonchev–Trinajstić information content (AvgIpc) is 3.60. The van der Waals surface area contributed by atoms with Crippen LogP contribution in [0.25, 0.3) is 21.1 Å². The van der Waals surface area contributed by atoms with Gasteiger partial charge in [-0.1, -0.05) is 12.1 Å². The van der Waals surface area contributed by atoms with Crippen LogP contribution >= 0.6 is 11.3 Å². The Morgan fingerprint density at radius 2 is 1.80 bits per heavy atom. The van der Waals surface area contributed by atoms with Gasteiger partial charge in [-0.25, -0.2) is 18.2 Å². The average molecular weight is 581 g/mol. The molecule has 3 atom stereocenters. The van der Waals surface area contributed by atoms with Gasteiger partial charge in [0.2, 0.25) is 5.91 Å². The Balaban J connectivity index is 1.35. The molecule has 11 heteroatoms. The first-order chi connectivity index (χ1) is 19.7. The lowest BCUT2D eigenvalue weighted by Crippen LogP contribution is -2.44. The molecule has 3 unspecified atom stereocenters. The van der Waals surface area contributed by atoms with Crippen molar-refractivity contribution in [2.45, 2.75) is 75.4 Å². The maximum Gasteiger partial charge on any atom is 0.251 e. The third kappa shape index (κ3) is 5.80. The zero-order chi connectivity index (χ0) is 28.8. The minimum Gasteiger partial charge on any atom is -0.371 e. The van der Waals surface area contributed by atoms with E-state index in [1.165, 1.54) is 11.3 Å². The van der Waals surface area contributed by atoms with Gasteiger partial charge in [0.05, 0.1) is 22.3 Å². The fourth-order valence-corrected chi connectivity index (χ4v) is 6.89. The van der Waals surface area contributed by atoms with Crippen LogP contribution in [-0.4, -0.2) is 51.8 Å². The number of rotatable bonds is 6. The van der Waals surface area contributed by atoms with E-state index in [-0.39, 0.29) is 31.1 Å². The maximum atomic E-state index is 14.7. The van der Waals surface area contributed by atoms with Gasteiger partial charge in [-0.2, -0.15) is 10.4 Å². The number of nitriles is 1. The first-order valence-corrected chi connectivity index (χ1v) is 14.9. The molecule has 214 valence electrons.